The predicted molar refractivity (Wildman–Crippen MR) is 76.7 cm³/mol. The number of hydrogen-bond acceptors (Lipinski definition) is 0. The fourth-order valence-electron chi connectivity index (χ4n) is 1.07. The van der Waals surface area contributed by atoms with E-state index in [-0.39, 0.29) is 0 Å². The lowest BCUT2D eigenvalue weighted by molar-refractivity contribution is 1.39. The van der Waals surface area contributed by atoms with Gasteiger partial charge in [0.15, 0.2) is 0 Å². The first-order valence-corrected chi connectivity index (χ1v) is 16.3. The van der Waals surface area contributed by atoms with Crippen LogP contribution < -0.4 is 0 Å². The van der Waals surface area contributed by atoms with Gasteiger partial charge in [-0.1, -0.05) is 35.9 Å². The van der Waals surface area contributed by atoms with Crippen LogP contribution >= 0.6 is 55.4 Å². The maximum Gasteiger partial charge on any atom is 0.322 e. The molecular weight excluding hydrogens is 346 g/mol. The molecule has 0 saturated carbocycles. The molecule has 0 aliphatic carbocycles. The van der Waals surface area contributed by atoms with Crippen LogP contribution in [0, 0.1) is 0 Å². The van der Waals surface area contributed by atoms with E-state index in [0.717, 1.165) is 11.6 Å². The molecule has 1 rings (SSSR count). The minimum Gasteiger partial charge on any atom is -0.151 e. The van der Waals surface area contributed by atoms with Crippen molar-refractivity contribution in [2.45, 2.75) is 6.04 Å². The van der Waals surface area contributed by atoms with Crippen molar-refractivity contribution >= 4 is 75.7 Å². The second-order valence-electron chi connectivity index (χ2n) is 2.90. The molecule has 0 amide bonds. The first kappa shape index (κ1) is 14.4. The zero-order valence-electron chi connectivity index (χ0n) is 7.48. The van der Waals surface area contributed by atoms with E-state index >= 15 is 0 Å². The lowest BCUT2D eigenvalue weighted by Gasteiger charge is -2.19. The number of rotatable bonds is 4. The summed E-state index contributed by atoms with van der Waals surface area (Å²) in [5.74, 6) is 0. The average Bonchev–Trinajstić information content (AvgIpc) is 2.13. The summed E-state index contributed by atoms with van der Waals surface area (Å²) in [6.07, 6.45) is 0. The summed E-state index contributed by atoms with van der Waals surface area (Å²) in [7, 11) is -1.26. The molecule has 0 N–H and O–H groups in total. The molecule has 0 fully saturated rings. The Kier molecular flexibility index (Phi) is 6.05. The monoisotopic (exact) mass is 350 g/mol. The van der Waals surface area contributed by atoms with Crippen molar-refractivity contribution in [2.75, 3.05) is 0 Å². The molecule has 8 heteroatoms. The van der Waals surface area contributed by atoms with E-state index < -0.39 is 20.3 Å². The molecule has 0 atom stereocenters. The third kappa shape index (κ3) is 5.00. The topological polar surface area (TPSA) is 0 Å². The van der Waals surface area contributed by atoms with Crippen LogP contribution in [0.1, 0.15) is 5.56 Å². The van der Waals surface area contributed by atoms with Crippen LogP contribution in [0.15, 0.2) is 30.3 Å². The summed E-state index contributed by atoms with van der Waals surface area (Å²) in [6.45, 7) is -1.52. The van der Waals surface area contributed by atoms with Gasteiger partial charge in [-0.05, 0) is 6.04 Å². The van der Waals surface area contributed by atoms with Gasteiger partial charge >= 0.3 is 5.52 Å². The molecule has 0 aliphatic heterocycles. The van der Waals surface area contributed by atoms with E-state index in [1.54, 1.807) is 0 Å². The van der Waals surface area contributed by atoms with Gasteiger partial charge in [0.05, 0.1) is 0 Å². The SMILES string of the molecule is Cl[Si](Cl)[Si](Cc1ccccc1)[Si](Cl)(Cl)Cl. The fourth-order valence-corrected chi connectivity index (χ4v) is 33.2. The number of halogens is 5. The molecule has 0 nitrogen and oxygen atoms in total. The Morgan fingerprint density at radius 3 is 1.93 bits per heavy atom. The van der Waals surface area contributed by atoms with E-state index in [4.69, 9.17) is 55.4 Å². The van der Waals surface area contributed by atoms with Crippen molar-refractivity contribution in [3.05, 3.63) is 35.9 Å². The Morgan fingerprint density at radius 2 is 1.53 bits per heavy atom. The molecule has 15 heavy (non-hydrogen) atoms. The molecule has 82 valence electrons. The van der Waals surface area contributed by atoms with E-state index in [1.165, 1.54) is 0 Å². The number of hydrogen-bond donors (Lipinski definition) is 0. The Hall–Kier alpha value is 1.32. The minimum absolute atomic E-state index is 0.746. The van der Waals surface area contributed by atoms with E-state index in [2.05, 4.69) is 0 Å². The lowest BCUT2D eigenvalue weighted by Crippen LogP contribution is -2.47. The molecule has 0 aliphatic rings. The summed E-state index contributed by atoms with van der Waals surface area (Å²) in [5, 5.41) is 0. The van der Waals surface area contributed by atoms with Crippen molar-refractivity contribution < 1.29 is 0 Å². The van der Waals surface area contributed by atoms with Crippen LogP contribution in [0.2, 0.25) is 0 Å². The minimum atomic E-state index is -2.73. The van der Waals surface area contributed by atoms with Gasteiger partial charge in [0, 0.05) is 0 Å². The summed E-state index contributed by atoms with van der Waals surface area (Å²) in [5.41, 5.74) is -1.59. The van der Waals surface area contributed by atoms with Gasteiger partial charge < -0.3 is 0 Å². The van der Waals surface area contributed by atoms with Crippen molar-refractivity contribution in [3.8, 4) is 0 Å². The third-order valence-corrected chi connectivity index (χ3v) is 31.2. The highest BCUT2D eigenvalue weighted by molar-refractivity contribution is 7.98. The maximum absolute atomic E-state index is 6.02. The van der Waals surface area contributed by atoms with Gasteiger partial charge in [-0.15, -0.1) is 33.2 Å². The predicted octanol–water partition coefficient (Wildman–Crippen LogP) is 4.04. The quantitative estimate of drug-likeness (QED) is 0.567. The Balaban J connectivity index is 2.77. The van der Waals surface area contributed by atoms with E-state index in [1.807, 2.05) is 30.3 Å². The third-order valence-electron chi connectivity index (χ3n) is 1.79. The van der Waals surface area contributed by atoms with Crippen LogP contribution in [0.25, 0.3) is 0 Å². The Bertz CT molecular complexity index is 299. The van der Waals surface area contributed by atoms with Gasteiger partial charge in [0.2, 0.25) is 0 Å². The Morgan fingerprint density at radius 1 is 1.00 bits per heavy atom. The van der Waals surface area contributed by atoms with Crippen molar-refractivity contribution in [1.29, 1.82) is 0 Å². The van der Waals surface area contributed by atoms with Crippen molar-refractivity contribution in [1.82, 2.24) is 0 Å². The highest BCUT2D eigenvalue weighted by Gasteiger charge is 2.44. The van der Waals surface area contributed by atoms with Crippen molar-refractivity contribution in [3.63, 3.8) is 0 Å². The number of benzene rings is 1. The van der Waals surface area contributed by atoms with Gasteiger partial charge in [-0.2, -0.15) is 22.2 Å². The molecule has 0 unspecified atom stereocenters. The van der Waals surface area contributed by atoms with Crippen LogP contribution in [0.4, 0.5) is 0 Å². The van der Waals surface area contributed by atoms with Crippen LogP contribution in [-0.4, -0.2) is 20.3 Å². The fraction of sp³-hybridized carbons (Fsp3) is 0.143. The second kappa shape index (κ2) is 6.31. The average molecular weight is 353 g/mol. The normalized spacial score (nSPS) is 12.5. The molecule has 0 aromatic heterocycles. The molecule has 0 heterocycles. The van der Waals surface area contributed by atoms with Gasteiger partial charge in [-0.25, -0.2) is 0 Å². The molecule has 0 bridgehead atoms. The summed E-state index contributed by atoms with van der Waals surface area (Å²) in [6, 6.07) is 10.6. The van der Waals surface area contributed by atoms with Crippen molar-refractivity contribution in [2.24, 2.45) is 0 Å². The first-order valence-electron chi connectivity index (χ1n) is 4.06. The van der Waals surface area contributed by atoms with Gasteiger partial charge in [-0.3, -0.25) is 0 Å². The first-order chi connectivity index (χ1) is 6.91. The molecule has 0 saturated heterocycles. The van der Waals surface area contributed by atoms with Crippen LogP contribution in [0.5, 0.6) is 0 Å². The highest BCUT2D eigenvalue weighted by Crippen LogP contribution is 2.28. The lowest BCUT2D eigenvalue weighted by atomic mass is 10.2. The molecular formula is C7H7Cl5Si3. The largest absolute Gasteiger partial charge is 0.322 e. The highest BCUT2D eigenvalue weighted by atomic mass is 35.8. The summed E-state index contributed by atoms with van der Waals surface area (Å²) in [4.78, 5) is 0. The Labute approximate surface area is 117 Å². The summed E-state index contributed by atoms with van der Waals surface area (Å²) >= 11 is 30.0. The molecule has 2 radical (unpaired) electrons. The zero-order valence-corrected chi connectivity index (χ0v) is 14.3. The standard InChI is InChI=1S/C7H7Cl5Si3/c8-14(9)13(15(10,11)12)6-7-4-2-1-3-5-7/h1-5H,6H2. The van der Waals surface area contributed by atoms with Gasteiger partial charge in [0.1, 0.15) is 7.83 Å². The zero-order chi connectivity index (χ0) is 11.5. The van der Waals surface area contributed by atoms with E-state index in [0.29, 0.717) is 0 Å². The van der Waals surface area contributed by atoms with Crippen LogP contribution in [-0.2, 0) is 6.04 Å². The van der Waals surface area contributed by atoms with Crippen LogP contribution in [0.3, 0.4) is 0 Å². The van der Waals surface area contributed by atoms with E-state index in [9.17, 15) is 0 Å². The second-order valence-corrected chi connectivity index (χ2v) is 29.0. The maximum atomic E-state index is 6.02. The van der Waals surface area contributed by atoms with Gasteiger partial charge in [0.25, 0.3) is 6.93 Å². The molecule has 0 spiro atoms. The summed E-state index contributed by atoms with van der Waals surface area (Å²) < 4.78 is 0. The smallest absolute Gasteiger partial charge is 0.151 e. The molecule has 1 aromatic rings. The molecule has 1 aromatic carbocycles.